The van der Waals surface area contributed by atoms with Crippen LogP contribution in [0.4, 0.5) is 10.3 Å². The van der Waals surface area contributed by atoms with Crippen molar-refractivity contribution in [2.45, 2.75) is 39.2 Å². The first-order valence-corrected chi connectivity index (χ1v) is 12.2. The minimum absolute atomic E-state index is 0.00456. The van der Waals surface area contributed by atoms with Crippen LogP contribution in [0.15, 0.2) is 36.5 Å². The molecule has 7 nitrogen and oxygen atoms in total. The van der Waals surface area contributed by atoms with Crippen LogP contribution in [-0.2, 0) is 4.79 Å². The van der Waals surface area contributed by atoms with E-state index in [9.17, 15) is 9.18 Å². The molecule has 0 aliphatic carbocycles. The molecule has 2 aliphatic heterocycles. The van der Waals surface area contributed by atoms with E-state index in [4.69, 9.17) is 9.97 Å². The maximum absolute atomic E-state index is 14.9. The number of fused-ring (bicyclic) bond motifs is 1. The van der Waals surface area contributed by atoms with Gasteiger partial charge in [-0.05, 0) is 37.0 Å². The van der Waals surface area contributed by atoms with Crippen molar-refractivity contribution in [1.29, 1.82) is 0 Å². The first-order valence-electron chi connectivity index (χ1n) is 12.2. The van der Waals surface area contributed by atoms with Crippen LogP contribution in [0.2, 0.25) is 0 Å². The van der Waals surface area contributed by atoms with Gasteiger partial charge in [0.25, 0.3) is 0 Å². The normalized spacial score (nSPS) is 18.0. The van der Waals surface area contributed by atoms with Crippen molar-refractivity contribution < 1.29 is 9.18 Å². The van der Waals surface area contributed by atoms with Crippen LogP contribution < -0.4 is 15.5 Å². The van der Waals surface area contributed by atoms with E-state index in [1.807, 2.05) is 18.3 Å². The Morgan fingerprint density at radius 2 is 2.03 bits per heavy atom. The van der Waals surface area contributed by atoms with E-state index in [0.29, 0.717) is 29.5 Å². The molecule has 3 aromatic rings. The predicted molar refractivity (Wildman–Crippen MR) is 132 cm³/mol. The summed E-state index contributed by atoms with van der Waals surface area (Å²) in [4.78, 5) is 24.5. The van der Waals surface area contributed by atoms with Crippen LogP contribution in [0.1, 0.15) is 39.2 Å². The Morgan fingerprint density at radius 1 is 1.24 bits per heavy atom. The minimum atomic E-state index is -0.300. The molecule has 8 heteroatoms. The SMILES string of the molecule is CNC(=O)CC(CC(C)C)n1ccc2c(-c3ccccc3F)nc(N3CCC4(CNC4)C3)nc21. The Kier molecular flexibility index (Phi) is 6.02. The van der Waals surface area contributed by atoms with Gasteiger partial charge in [0.2, 0.25) is 11.9 Å². The third-order valence-corrected chi connectivity index (χ3v) is 7.25. The molecule has 34 heavy (non-hydrogen) atoms. The van der Waals surface area contributed by atoms with Gasteiger partial charge in [-0.25, -0.2) is 9.37 Å². The second-order valence-electron chi connectivity index (χ2n) is 10.2. The highest BCUT2D eigenvalue weighted by Gasteiger charge is 2.43. The lowest BCUT2D eigenvalue weighted by Crippen LogP contribution is -2.54. The Bertz CT molecular complexity index is 1200. The second-order valence-corrected chi connectivity index (χ2v) is 10.2. The van der Waals surface area contributed by atoms with Gasteiger partial charge < -0.3 is 20.1 Å². The summed E-state index contributed by atoms with van der Waals surface area (Å²) >= 11 is 0. The average molecular weight is 465 g/mol. The number of hydrogen-bond donors (Lipinski definition) is 2. The smallest absolute Gasteiger partial charge is 0.227 e. The van der Waals surface area contributed by atoms with Crippen molar-refractivity contribution in [2.24, 2.45) is 11.3 Å². The highest BCUT2D eigenvalue weighted by atomic mass is 19.1. The number of carbonyl (C=O) groups excluding carboxylic acids is 1. The number of halogens is 1. The Hall–Kier alpha value is -3.00. The molecule has 2 N–H and O–H groups in total. The summed E-state index contributed by atoms with van der Waals surface area (Å²) in [6.45, 7) is 8.14. The van der Waals surface area contributed by atoms with Crippen LogP contribution >= 0.6 is 0 Å². The van der Waals surface area contributed by atoms with Crippen molar-refractivity contribution in [3.05, 3.63) is 42.3 Å². The van der Waals surface area contributed by atoms with E-state index >= 15 is 0 Å². The second kappa shape index (κ2) is 8.98. The van der Waals surface area contributed by atoms with Crippen LogP contribution in [0.25, 0.3) is 22.3 Å². The molecule has 1 aromatic carbocycles. The average Bonchev–Trinajstić information content (AvgIpc) is 3.43. The predicted octanol–water partition coefficient (Wildman–Crippen LogP) is 3.76. The van der Waals surface area contributed by atoms with E-state index in [1.165, 1.54) is 6.07 Å². The molecule has 2 saturated heterocycles. The minimum Gasteiger partial charge on any atom is -0.359 e. The molecule has 2 aliphatic rings. The number of amides is 1. The van der Waals surface area contributed by atoms with E-state index in [1.54, 1.807) is 19.2 Å². The zero-order valence-electron chi connectivity index (χ0n) is 20.1. The van der Waals surface area contributed by atoms with Gasteiger partial charge >= 0.3 is 0 Å². The lowest BCUT2D eigenvalue weighted by atomic mass is 9.81. The topological polar surface area (TPSA) is 75.1 Å². The molecule has 5 rings (SSSR count). The summed E-state index contributed by atoms with van der Waals surface area (Å²) in [7, 11) is 1.66. The van der Waals surface area contributed by atoms with E-state index < -0.39 is 0 Å². The Labute approximate surface area is 199 Å². The van der Waals surface area contributed by atoms with Gasteiger partial charge in [-0.1, -0.05) is 26.0 Å². The zero-order chi connectivity index (χ0) is 23.9. The van der Waals surface area contributed by atoms with E-state index in [0.717, 1.165) is 50.1 Å². The lowest BCUT2D eigenvalue weighted by molar-refractivity contribution is -0.121. The van der Waals surface area contributed by atoms with Crippen molar-refractivity contribution in [2.75, 3.05) is 38.1 Å². The highest BCUT2D eigenvalue weighted by molar-refractivity contribution is 5.92. The first kappa shape index (κ1) is 22.8. The third-order valence-electron chi connectivity index (χ3n) is 7.25. The molecule has 4 heterocycles. The number of hydrogen-bond acceptors (Lipinski definition) is 5. The number of carbonyl (C=O) groups is 1. The maximum Gasteiger partial charge on any atom is 0.227 e. The van der Waals surface area contributed by atoms with Crippen LogP contribution in [-0.4, -0.2) is 53.7 Å². The fraction of sp³-hybridized carbons (Fsp3) is 0.500. The fourth-order valence-corrected chi connectivity index (χ4v) is 5.34. The summed E-state index contributed by atoms with van der Waals surface area (Å²) in [5, 5.41) is 6.95. The van der Waals surface area contributed by atoms with Crippen molar-refractivity contribution in [1.82, 2.24) is 25.2 Å². The van der Waals surface area contributed by atoms with Gasteiger partial charge in [-0.3, -0.25) is 4.79 Å². The molecule has 0 saturated carbocycles. The van der Waals surface area contributed by atoms with Gasteiger partial charge in [-0.15, -0.1) is 0 Å². The quantitative estimate of drug-likeness (QED) is 0.557. The Morgan fingerprint density at radius 3 is 2.68 bits per heavy atom. The molecule has 1 spiro atoms. The zero-order valence-corrected chi connectivity index (χ0v) is 20.1. The van der Waals surface area contributed by atoms with Gasteiger partial charge in [0.05, 0.1) is 5.69 Å². The standard InChI is InChI=1S/C26H33FN6O/c1-17(2)12-18(13-22(34)28-3)33-10-8-20-23(19-6-4-5-7-21(19)27)30-25(31-24(20)33)32-11-9-26(16-32)14-29-15-26/h4-8,10,17-18,29H,9,11-16H2,1-3H3,(H,28,34). The van der Waals surface area contributed by atoms with Gasteiger partial charge in [-0.2, -0.15) is 4.98 Å². The molecule has 1 unspecified atom stereocenters. The Balaban J connectivity index is 1.64. The largest absolute Gasteiger partial charge is 0.359 e. The molecular weight excluding hydrogens is 431 g/mol. The molecule has 180 valence electrons. The van der Waals surface area contributed by atoms with Crippen LogP contribution in [0.3, 0.4) is 0 Å². The molecule has 0 bridgehead atoms. The van der Waals surface area contributed by atoms with Crippen LogP contribution in [0, 0.1) is 17.2 Å². The number of anilines is 1. The molecule has 2 aromatic heterocycles. The fourth-order valence-electron chi connectivity index (χ4n) is 5.34. The maximum atomic E-state index is 14.9. The first-order chi connectivity index (χ1) is 16.4. The van der Waals surface area contributed by atoms with Crippen LogP contribution in [0.5, 0.6) is 0 Å². The summed E-state index contributed by atoms with van der Waals surface area (Å²) < 4.78 is 17.0. The molecule has 2 fully saturated rings. The lowest BCUT2D eigenvalue weighted by Gasteiger charge is -2.39. The van der Waals surface area contributed by atoms with Crippen molar-refractivity contribution in [3.8, 4) is 11.3 Å². The summed E-state index contributed by atoms with van der Waals surface area (Å²) in [6, 6.07) is 8.68. The number of nitrogens with zero attached hydrogens (tertiary/aromatic N) is 4. The van der Waals surface area contributed by atoms with E-state index in [-0.39, 0.29) is 23.2 Å². The van der Waals surface area contributed by atoms with Crippen molar-refractivity contribution in [3.63, 3.8) is 0 Å². The molecule has 1 atom stereocenters. The summed E-state index contributed by atoms with van der Waals surface area (Å²) in [6.07, 6.45) is 4.28. The number of aromatic nitrogens is 3. The third kappa shape index (κ3) is 4.15. The van der Waals surface area contributed by atoms with Gasteiger partial charge in [0, 0.05) is 68.3 Å². The number of nitrogens with one attached hydrogen (secondary N) is 2. The van der Waals surface area contributed by atoms with Crippen molar-refractivity contribution >= 4 is 22.9 Å². The highest BCUT2D eigenvalue weighted by Crippen LogP contribution is 2.38. The van der Waals surface area contributed by atoms with Gasteiger partial charge in [0.1, 0.15) is 11.5 Å². The monoisotopic (exact) mass is 464 g/mol. The number of rotatable bonds is 7. The molecule has 0 radical (unpaired) electrons. The summed E-state index contributed by atoms with van der Waals surface area (Å²) in [5.41, 5.74) is 2.12. The number of benzene rings is 1. The molecule has 1 amide bonds. The van der Waals surface area contributed by atoms with Gasteiger partial charge in [0.15, 0.2) is 0 Å². The van der Waals surface area contributed by atoms with E-state index in [2.05, 4.69) is 33.9 Å². The summed E-state index contributed by atoms with van der Waals surface area (Å²) in [5.74, 6) is 0.739. The molecular formula is C26H33FN6O.